The smallest absolute Gasteiger partial charge is 0.264 e. The fourth-order valence-corrected chi connectivity index (χ4v) is 4.32. The molecule has 0 saturated heterocycles. The van der Waals surface area contributed by atoms with Gasteiger partial charge in [0.2, 0.25) is 0 Å². The molecule has 8 heteroatoms. The summed E-state index contributed by atoms with van der Waals surface area (Å²) in [7, 11) is 3.19. The van der Waals surface area contributed by atoms with Crippen LogP contribution in [0.2, 0.25) is 0 Å². The number of thioether (sulfide) groups is 1. The van der Waals surface area contributed by atoms with Crippen molar-refractivity contribution in [1.82, 2.24) is 4.90 Å². The van der Waals surface area contributed by atoms with Crippen molar-refractivity contribution < 1.29 is 14.3 Å². The van der Waals surface area contributed by atoms with Gasteiger partial charge in [-0.15, -0.1) is 12.4 Å². The number of benzene rings is 1. The SMILES string of the molecule is COc1cc(NC(=O)C2=C(C3CC3)N3CCCN=C3S2)cc(OC)c1.Cl. The predicted octanol–water partition coefficient (Wildman–Crippen LogP) is 3.49. The molecule has 1 aromatic rings. The molecule has 0 bridgehead atoms. The second-order valence-corrected chi connectivity index (χ2v) is 7.29. The van der Waals surface area contributed by atoms with E-state index in [9.17, 15) is 4.79 Å². The maximum absolute atomic E-state index is 12.9. The Bertz CT molecular complexity index is 755. The van der Waals surface area contributed by atoms with Gasteiger partial charge in [-0.3, -0.25) is 9.79 Å². The van der Waals surface area contributed by atoms with Gasteiger partial charge in [-0.1, -0.05) is 0 Å². The Labute approximate surface area is 163 Å². The van der Waals surface area contributed by atoms with Crippen LogP contribution in [0.1, 0.15) is 19.3 Å². The number of ether oxygens (including phenoxy) is 2. The molecule has 1 fully saturated rings. The van der Waals surface area contributed by atoms with E-state index in [1.54, 1.807) is 32.4 Å². The standard InChI is InChI=1S/C18H21N3O3S.ClH/c1-23-13-8-12(9-14(10-13)24-2)20-17(22)16-15(11-4-5-11)21-7-3-6-19-18(21)25-16;/h8-11H,3-7H2,1-2H3,(H,20,22);1H. The number of amidine groups is 1. The van der Waals surface area contributed by atoms with Gasteiger partial charge in [-0.2, -0.15) is 0 Å². The minimum absolute atomic E-state index is 0. The molecule has 2 heterocycles. The van der Waals surface area contributed by atoms with Gasteiger partial charge < -0.3 is 19.7 Å². The first-order valence-electron chi connectivity index (χ1n) is 8.48. The third-order valence-corrected chi connectivity index (χ3v) is 5.64. The fourth-order valence-electron chi connectivity index (χ4n) is 3.15. The molecule has 26 heavy (non-hydrogen) atoms. The number of anilines is 1. The van der Waals surface area contributed by atoms with Crippen molar-refractivity contribution in [2.45, 2.75) is 19.3 Å². The Kier molecular flexibility index (Phi) is 5.67. The lowest BCUT2D eigenvalue weighted by Gasteiger charge is -2.25. The lowest BCUT2D eigenvalue weighted by Crippen LogP contribution is -2.30. The van der Waals surface area contributed by atoms with Crippen molar-refractivity contribution in [3.63, 3.8) is 0 Å². The molecule has 1 aliphatic carbocycles. The quantitative estimate of drug-likeness (QED) is 0.826. The van der Waals surface area contributed by atoms with Crippen LogP contribution in [0, 0.1) is 5.92 Å². The summed E-state index contributed by atoms with van der Waals surface area (Å²) in [5.74, 6) is 1.71. The van der Waals surface area contributed by atoms with Gasteiger partial charge in [0, 0.05) is 48.6 Å². The van der Waals surface area contributed by atoms with Gasteiger partial charge >= 0.3 is 0 Å². The molecule has 0 aromatic heterocycles. The summed E-state index contributed by atoms with van der Waals surface area (Å²) in [4.78, 5) is 20.6. The maximum Gasteiger partial charge on any atom is 0.264 e. The second kappa shape index (κ2) is 7.80. The van der Waals surface area contributed by atoms with Crippen molar-refractivity contribution in [3.8, 4) is 11.5 Å². The molecule has 1 N–H and O–H groups in total. The third kappa shape index (κ3) is 3.64. The number of aliphatic imine (C=N–C) groups is 1. The van der Waals surface area contributed by atoms with Gasteiger partial charge in [-0.25, -0.2) is 0 Å². The first-order chi connectivity index (χ1) is 12.2. The molecule has 0 spiro atoms. The molecule has 0 unspecified atom stereocenters. The van der Waals surface area contributed by atoms with Crippen molar-refractivity contribution in [1.29, 1.82) is 0 Å². The van der Waals surface area contributed by atoms with E-state index >= 15 is 0 Å². The van der Waals surface area contributed by atoms with Gasteiger partial charge in [0.15, 0.2) is 5.17 Å². The summed E-state index contributed by atoms with van der Waals surface area (Å²) in [5.41, 5.74) is 1.83. The highest BCUT2D eigenvalue weighted by atomic mass is 35.5. The van der Waals surface area contributed by atoms with Crippen molar-refractivity contribution in [2.75, 3.05) is 32.6 Å². The van der Waals surface area contributed by atoms with Crippen molar-refractivity contribution >= 4 is 40.9 Å². The zero-order chi connectivity index (χ0) is 17.4. The van der Waals surface area contributed by atoms with E-state index in [-0.39, 0.29) is 18.3 Å². The zero-order valence-electron chi connectivity index (χ0n) is 14.8. The molecule has 1 amide bonds. The number of nitrogens with one attached hydrogen (secondary N) is 1. The average molecular weight is 396 g/mol. The average Bonchev–Trinajstić information content (AvgIpc) is 3.40. The topological polar surface area (TPSA) is 63.2 Å². The lowest BCUT2D eigenvalue weighted by molar-refractivity contribution is -0.112. The van der Waals surface area contributed by atoms with E-state index in [1.165, 1.54) is 11.8 Å². The molecular weight excluding hydrogens is 374 g/mol. The summed E-state index contributed by atoms with van der Waals surface area (Å²) in [5, 5.41) is 3.97. The van der Waals surface area contributed by atoms with Crippen LogP contribution in [0.25, 0.3) is 0 Å². The van der Waals surface area contributed by atoms with Crippen LogP contribution >= 0.6 is 24.2 Å². The summed E-state index contributed by atoms with van der Waals surface area (Å²) in [6.45, 7) is 1.81. The van der Waals surface area contributed by atoms with Gasteiger partial charge in [0.1, 0.15) is 16.4 Å². The molecule has 2 aliphatic heterocycles. The number of hydrogen-bond acceptors (Lipinski definition) is 6. The number of amides is 1. The predicted molar refractivity (Wildman–Crippen MR) is 106 cm³/mol. The Morgan fingerprint density at radius 3 is 2.54 bits per heavy atom. The van der Waals surface area contributed by atoms with E-state index in [0.717, 1.165) is 48.1 Å². The highest BCUT2D eigenvalue weighted by Gasteiger charge is 2.42. The molecule has 0 atom stereocenters. The Morgan fingerprint density at radius 2 is 1.92 bits per heavy atom. The first-order valence-corrected chi connectivity index (χ1v) is 9.29. The monoisotopic (exact) mass is 395 g/mol. The van der Waals surface area contributed by atoms with Crippen LogP contribution in [0.5, 0.6) is 11.5 Å². The number of carbonyl (C=O) groups is 1. The van der Waals surface area contributed by atoms with E-state index in [0.29, 0.717) is 23.1 Å². The number of rotatable bonds is 5. The molecule has 140 valence electrons. The van der Waals surface area contributed by atoms with Crippen LogP contribution in [0.4, 0.5) is 5.69 Å². The molecular formula is C18H22ClN3O3S. The third-order valence-electron chi connectivity index (χ3n) is 4.51. The number of nitrogens with zero attached hydrogens (tertiary/aromatic N) is 2. The first kappa shape index (κ1) is 18.9. The molecule has 1 aromatic carbocycles. The summed E-state index contributed by atoms with van der Waals surface area (Å²) >= 11 is 1.50. The van der Waals surface area contributed by atoms with Crippen molar-refractivity contribution in [2.24, 2.45) is 10.9 Å². The van der Waals surface area contributed by atoms with E-state index in [1.807, 2.05) is 0 Å². The summed E-state index contributed by atoms with van der Waals surface area (Å²) < 4.78 is 10.6. The van der Waals surface area contributed by atoms with Crippen LogP contribution in [0.15, 0.2) is 33.8 Å². The van der Waals surface area contributed by atoms with E-state index < -0.39 is 0 Å². The number of methoxy groups -OCH3 is 2. The Hall–Kier alpha value is -1.86. The Balaban J connectivity index is 0.00000196. The van der Waals surface area contributed by atoms with E-state index in [2.05, 4.69) is 15.2 Å². The maximum atomic E-state index is 12.9. The minimum Gasteiger partial charge on any atom is -0.497 e. The largest absolute Gasteiger partial charge is 0.497 e. The molecule has 3 aliphatic rings. The van der Waals surface area contributed by atoms with Crippen LogP contribution < -0.4 is 14.8 Å². The van der Waals surface area contributed by atoms with Gasteiger partial charge in [0.05, 0.1) is 14.2 Å². The second-order valence-electron chi connectivity index (χ2n) is 6.32. The van der Waals surface area contributed by atoms with Gasteiger partial charge in [0.25, 0.3) is 5.91 Å². The lowest BCUT2D eigenvalue weighted by atomic mass is 10.2. The fraction of sp³-hybridized carbons (Fsp3) is 0.444. The highest BCUT2D eigenvalue weighted by Crippen LogP contribution is 2.48. The van der Waals surface area contributed by atoms with Crippen molar-refractivity contribution in [3.05, 3.63) is 28.8 Å². The normalized spacial score (nSPS) is 18.7. The van der Waals surface area contributed by atoms with Crippen LogP contribution in [-0.4, -0.2) is 43.3 Å². The zero-order valence-corrected chi connectivity index (χ0v) is 16.4. The Morgan fingerprint density at radius 1 is 1.23 bits per heavy atom. The summed E-state index contributed by atoms with van der Waals surface area (Å²) in [6.07, 6.45) is 3.36. The number of halogens is 1. The molecule has 0 radical (unpaired) electrons. The van der Waals surface area contributed by atoms with Crippen LogP contribution in [-0.2, 0) is 4.79 Å². The van der Waals surface area contributed by atoms with Crippen LogP contribution in [0.3, 0.4) is 0 Å². The number of carbonyl (C=O) groups excluding carboxylic acids is 1. The van der Waals surface area contributed by atoms with Gasteiger partial charge in [-0.05, 0) is 31.0 Å². The van der Waals surface area contributed by atoms with E-state index in [4.69, 9.17) is 9.47 Å². The molecule has 1 saturated carbocycles. The number of hydrogen-bond donors (Lipinski definition) is 1. The minimum atomic E-state index is -0.0840. The number of fused-ring (bicyclic) bond motifs is 1. The number of allylic oxidation sites excluding steroid dienone is 1. The molecule has 4 rings (SSSR count). The summed E-state index contributed by atoms with van der Waals surface area (Å²) in [6, 6.07) is 5.37. The highest BCUT2D eigenvalue weighted by molar-refractivity contribution is 8.18. The molecule has 6 nitrogen and oxygen atoms in total.